The van der Waals surface area contributed by atoms with Crippen LogP contribution in [0.15, 0.2) is 66.1 Å². The number of hydrogen-bond acceptors (Lipinski definition) is 5. The molecule has 0 aliphatic rings. The molecule has 0 aliphatic heterocycles. The standard InChI is InChI=1S/C21H22FN5OS/c1-24-10-15-7-21(19-5-3-4-6-20(19)22)27(14-15)29(28)18-8-16(12-26-13-18)17(9-23)11-25-2/h3-9,11-14,23-25H,10H2,1-2H3/b17-11+,23-9?. The van der Waals surface area contributed by atoms with Crippen molar-refractivity contribution in [3.8, 4) is 11.3 Å². The van der Waals surface area contributed by atoms with Gasteiger partial charge >= 0.3 is 0 Å². The van der Waals surface area contributed by atoms with Crippen LogP contribution < -0.4 is 10.6 Å². The van der Waals surface area contributed by atoms with Gasteiger partial charge in [0.05, 0.1) is 12.4 Å². The molecular formula is C21H22FN5OS. The minimum Gasteiger partial charge on any atom is -0.587 e. The first-order valence-corrected chi connectivity index (χ1v) is 10.1. The monoisotopic (exact) mass is 411 g/mol. The molecule has 0 radical (unpaired) electrons. The highest BCUT2D eigenvalue weighted by atomic mass is 32.2. The number of pyridine rings is 1. The summed E-state index contributed by atoms with van der Waals surface area (Å²) in [5, 5.41) is 13.5. The molecule has 1 aromatic carbocycles. The fourth-order valence-electron chi connectivity index (χ4n) is 2.95. The summed E-state index contributed by atoms with van der Waals surface area (Å²) in [6.45, 7) is 0.562. The summed E-state index contributed by atoms with van der Waals surface area (Å²) in [5.74, 6) is -0.380. The number of halogens is 1. The van der Waals surface area contributed by atoms with Gasteiger partial charge in [0.15, 0.2) is 4.90 Å². The highest BCUT2D eigenvalue weighted by Gasteiger charge is 2.23. The van der Waals surface area contributed by atoms with Gasteiger partial charge in [0, 0.05) is 55.0 Å². The molecule has 2 heterocycles. The van der Waals surface area contributed by atoms with Gasteiger partial charge in [-0.25, -0.2) is 4.39 Å². The summed E-state index contributed by atoms with van der Waals surface area (Å²) in [6, 6.07) is 9.97. The van der Waals surface area contributed by atoms with E-state index in [-0.39, 0.29) is 5.82 Å². The van der Waals surface area contributed by atoms with Crippen LogP contribution in [0.1, 0.15) is 11.1 Å². The molecule has 0 aliphatic carbocycles. The number of benzene rings is 1. The average Bonchev–Trinajstić information content (AvgIpc) is 3.15. The molecule has 0 spiro atoms. The molecular weight excluding hydrogens is 389 g/mol. The second-order valence-corrected chi connectivity index (χ2v) is 7.62. The van der Waals surface area contributed by atoms with E-state index < -0.39 is 11.4 Å². The van der Waals surface area contributed by atoms with Crippen LogP contribution in [0.3, 0.4) is 0 Å². The van der Waals surface area contributed by atoms with Gasteiger partial charge < -0.3 is 20.6 Å². The summed E-state index contributed by atoms with van der Waals surface area (Å²) >= 11 is -1.65. The molecule has 29 heavy (non-hydrogen) atoms. The van der Waals surface area contributed by atoms with Crippen molar-refractivity contribution in [1.29, 1.82) is 5.41 Å². The number of nitrogens with zero attached hydrogens (tertiary/aromatic N) is 2. The summed E-state index contributed by atoms with van der Waals surface area (Å²) in [6.07, 6.45) is 7.74. The Labute approximate surface area is 172 Å². The van der Waals surface area contributed by atoms with Crippen molar-refractivity contribution in [2.75, 3.05) is 14.1 Å². The summed E-state index contributed by atoms with van der Waals surface area (Å²) in [7, 11) is 3.56. The Kier molecular flexibility index (Phi) is 6.82. The quantitative estimate of drug-likeness (QED) is 0.392. The van der Waals surface area contributed by atoms with Gasteiger partial charge in [0.1, 0.15) is 22.9 Å². The largest absolute Gasteiger partial charge is 0.587 e. The smallest absolute Gasteiger partial charge is 0.199 e. The molecule has 150 valence electrons. The molecule has 8 heteroatoms. The number of hydrogen-bond donors (Lipinski definition) is 3. The number of aromatic nitrogens is 2. The molecule has 6 nitrogen and oxygen atoms in total. The van der Waals surface area contributed by atoms with Crippen molar-refractivity contribution in [2.45, 2.75) is 11.4 Å². The maximum Gasteiger partial charge on any atom is 0.199 e. The third-order valence-electron chi connectivity index (χ3n) is 4.26. The molecule has 1 unspecified atom stereocenters. The minimum absolute atomic E-state index is 0.377. The van der Waals surface area contributed by atoms with Crippen LogP contribution >= 0.6 is 0 Å². The Hall–Kier alpha value is -2.94. The van der Waals surface area contributed by atoms with Gasteiger partial charge in [-0.3, -0.25) is 4.98 Å². The van der Waals surface area contributed by atoms with E-state index in [1.165, 1.54) is 18.5 Å². The fraction of sp³-hybridized carbons (Fsp3) is 0.143. The molecule has 3 aromatic rings. The summed E-state index contributed by atoms with van der Waals surface area (Å²) in [4.78, 5) is 4.63. The molecule has 0 amide bonds. The van der Waals surface area contributed by atoms with Gasteiger partial charge in [-0.2, -0.15) is 3.97 Å². The molecule has 0 fully saturated rings. The maximum absolute atomic E-state index is 14.4. The van der Waals surface area contributed by atoms with Crippen LogP contribution in [0.2, 0.25) is 0 Å². The van der Waals surface area contributed by atoms with Crippen molar-refractivity contribution in [2.24, 2.45) is 0 Å². The Morgan fingerprint density at radius 3 is 2.76 bits per heavy atom. The van der Waals surface area contributed by atoms with Crippen LogP contribution in [0, 0.1) is 11.2 Å². The SMILES string of the molecule is CN/C=C(\C=N)c1cncc([S+]([O-])n2cc(CNC)cc2-c2ccccc2F)c1. The lowest BCUT2D eigenvalue weighted by Gasteiger charge is -2.14. The zero-order valence-corrected chi connectivity index (χ0v) is 17.0. The van der Waals surface area contributed by atoms with Crippen LogP contribution in [0.4, 0.5) is 4.39 Å². The van der Waals surface area contributed by atoms with Gasteiger partial charge in [-0.15, -0.1) is 0 Å². The minimum atomic E-state index is -1.65. The van der Waals surface area contributed by atoms with E-state index in [9.17, 15) is 8.94 Å². The Morgan fingerprint density at radius 2 is 2.07 bits per heavy atom. The normalized spacial score (nSPS) is 12.6. The molecule has 3 rings (SSSR count). The molecule has 0 saturated carbocycles. The third kappa shape index (κ3) is 4.56. The molecule has 1 atom stereocenters. The first-order valence-electron chi connectivity index (χ1n) is 8.95. The van der Waals surface area contributed by atoms with Crippen molar-refractivity contribution < 1.29 is 8.94 Å². The van der Waals surface area contributed by atoms with Gasteiger partial charge in [0.25, 0.3) is 0 Å². The van der Waals surface area contributed by atoms with E-state index >= 15 is 0 Å². The van der Waals surface area contributed by atoms with Crippen LogP contribution in [0.25, 0.3) is 16.8 Å². The average molecular weight is 412 g/mol. The lowest BCUT2D eigenvalue weighted by Crippen LogP contribution is -2.14. The molecule has 2 aromatic heterocycles. The Morgan fingerprint density at radius 1 is 1.28 bits per heavy atom. The van der Waals surface area contributed by atoms with Gasteiger partial charge in [0.2, 0.25) is 0 Å². The third-order valence-corrected chi connectivity index (χ3v) is 5.54. The Bertz CT molecular complexity index is 1030. The van der Waals surface area contributed by atoms with E-state index in [2.05, 4.69) is 15.6 Å². The van der Waals surface area contributed by atoms with Gasteiger partial charge in [-0.05, 0) is 30.8 Å². The molecule has 0 bridgehead atoms. The highest BCUT2D eigenvalue weighted by Crippen LogP contribution is 2.29. The van der Waals surface area contributed by atoms with E-state index in [4.69, 9.17) is 5.41 Å². The molecule has 3 N–H and O–H groups in total. The van der Waals surface area contributed by atoms with Crippen molar-refractivity contribution >= 4 is 23.1 Å². The van der Waals surface area contributed by atoms with Crippen LogP contribution in [0.5, 0.6) is 0 Å². The van der Waals surface area contributed by atoms with E-state index in [0.717, 1.165) is 5.56 Å². The lowest BCUT2D eigenvalue weighted by atomic mass is 10.1. The number of nitrogens with one attached hydrogen (secondary N) is 3. The molecule has 0 saturated heterocycles. The first-order chi connectivity index (χ1) is 14.1. The van der Waals surface area contributed by atoms with Crippen molar-refractivity contribution in [3.63, 3.8) is 0 Å². The first kappa shape index (κ1) is 20.8. The predicted molar refractivity (Wildman–Crippen MR) is 114 cm³/mol. The van der Waals surface area contributed by atoms with Crippen LogP contribution in [-0.2, 0) is 17.9 Å². The zero-order chi connectivity index (χ0) is 20.8. The second-order valence-electron chi connectivity index (χ2n) is 6.26. The fourth-order valence-corrected chi connectivity index (χ4v) is 4.12. The van der Waals surface area contributed by atoms with Crippen molar-refractivity contribution in [1.82, 2.24) is 19.6 Å². The summed E-state index contributed by atoms with van der Waals surface area (Å²) < 4.78 is 29.4. The maximum atomic E-state index is 14.4. The predicted octanol–water partition coefficient (Wildman–Crippen LogP) is 3.19. The van der Waals surface area contributed by atoms with Gasteiger partial charge in [-0.1, -0.05) is 12.1 Å². The number of rotatable bonds is 8. The Balaban J connectivity index is 2.08. The second kappa shape index (κ2) is 9.51. The zero-order valence-electron chi connectivity index (χ0n) is 16.1. The van der Waals surface area contributed by atoms with Crippen LogP contribution in [-0.4, -0.2) is 33.8 Å². The topological polar surface area (TPSA) is 88.8 Å². The number of allylic oxidation sites excluding steroid dienone is 1. The van der Waals surface area contributed by atoms with E-state index in [1.807, 2.05) is 13.1 Å². The lowest BCUT2D eigenvalue weighted by molar-refractivity contribution is 0.586. The van der Waals surface area contributed by atoms with Crippen molar-refractivity contribution in [3.05, 3.63) is 78.1 Å². The van der Waals surface area contributed by atoms with E-state index in [1.54, 1.807) is 53.9 Å². The highest BCUT2D eigenvalue weighted by molar-refractivity contribution is 7.90. The van der Waals surface area contributed by atoms with E-state index in [0.29, 0.717) is 33.8 Å². The summed E-state index contributed by atoms with van der Waals surface area (Å²) in [5.41, 5.74) is 3.06.